The van der Waals surface area contributed by atoms with E-state index in [4.69, 9.17) is 0 Å². The van der Waals surface area contributed by atoms with Crippen molar-refractivity contribution in [2.45, 2.75) is 52.1 Å². The summed E-state index contributed by atoms with van der Waals surface area (Å²) in [5, 5.41) is 7.78. The quantitative estimate of drug-likeness (QED) is 0.800. The van der Waals surface area contributed by atoms with E-state index in [1.807, 2.05) is 13.2 Å². The molecule has 1 aliphatic rings. The maximum absolute atomic E-state index is 4.54. The van der Waals surface area contributed by atoms with Gasteiger partial charge in [0.15, 0.2) is 0 Å². The highest BCUT2D eigenvalue weighted by Gasteiger charge is 2.29. The molecular weight excluding hydrogens is 198 g/mol. The summed E-state index contributed by atoms with van der Waals surface area (Å²) in [5.41, 5.74) is 2.89. The van der Waals surface area contributed by atoms with Crippen molar-refractivity contribution in [3.63, 3.8) is 0 Å². The molecule has 0 aliphatic heterocycles. The molecule has 1 N–H and O–H groups in total. The Morgan fingerprint density at radius 3 is 2.81 bits per heavy atom. The zero-order valence-corrected chi connectivity index (χ0v) is 10.7. The van der Waals surface area contributed by atoms with E-state index in [1.54, 1.807) is 0 Å². The molecule has 2 rings (SSSR count). The van der Waals surface area contributed by atoms with Crippen molar-refractivity contribution < 1.29 is 0 Å². The minimum Gasteiger partial charge on any atom is -0.316 e. The fourth-order valence-corrected chi connectivity index (χ4v) is 2.15. The normalized spacial score (nSPS) is 16.0. The second-order valence-corrected chi connectivity index (χ2v) is 5.27. The maximum Gasteiger partial charge on any atom is 0.0537 e. The highest BCUT2D eigenvalue weighted by molar-refractivity contribution is 5.25. The number of hydrogen-bond acceptors (Lipinski definition) is 2. The Bertz CT molecular complexity index is 337. The second-order valence-electron chi connectivity index (χ2n) is 5.27. The molecule has 0 radical (unpaired) electrons. The molecule has 3 nitrogen and oxygen atoms in total. The molecule has 0 unspecified atom stereocenters. The average Bonchev–Trinajstić information content (AvgIpc) is 2.99. The van der Waals surface area contributed by atoms with Crippen LogP contribution >= 0.6 is 0 Å². The van der Waals surface area contributed by atoms with Gasteiger partial charge in [-0.15, -0.1) is 0 Å². The first-order chi connectivity index (χ1) is 7.72. The van der Waals surface area contributed by atoms with E-state index < -0.39 is 0 Å². The number of nitrogens with one attached hydrogen (secondary N) is 1. The third-order valence-electron chi connectivity index (χ3n) is 3.21. The predicted octanol–water partition coefficient (Wildman–Crippen LogP) is 2.53. The first kappa shape index (κ1) is 11.6. The fourth-order valence-electron chi connectivity index (χ4n) is 2.15. The van der Waals surface area contributed by atoms with Gasteiger partial charge in [-0.25, -0.2) is 0 Å². The Kier molecular flexibility index (Phi) is 3.64. The highest BCUT2D eigenvalue weighted by atomic mass is 15.3. The molecule has 0 saturated heterocycles. The first-order valence-corrected chi connectivity index (χ1v) is 6.41. The summed E-state index contributed by atoms with van der Waals surface area (Å²) in [7, 11) is 2.00. The largest absolute Gasteiger partial charge is 0.316 e. The molecule has 1 heterocycles. The zero-order chi connectivity index (χ0) is 11.5. The summed E-state index contributed by atoms with van der Waals surface area (Å²) in [6, 6.07) is 0. The molecule has 1 saturated carbocycles. The molecule has 90 valence electrons. The Balaban J connectivity index is 2.10. The van der Waals surface area contributed by atoms with Crippen LogP contribution in [0.1, 0.15) is 50.3 Å². The summed E-state index contributed by atoms with van der Waals surface area (Å²) in [6.45, 7) is 6.57. The molecular formula is C13H23N3. The van der Waals surface area contributed by atoms with E-state index in [-0.39, 0.29) is 0 Å². The van der Waals surface area contributed by atoms with Crippen LogP contribution in [0.5, 0.6) is 0 Å². The van der Waals surface area contributed by atoms with Crippen molar-refractivity contribution in [2.24, 2.45) is 5.92 Å². The van der Waals surface area contributed by atoms with E-state index in [1.165, 1.54) is 30.5 Å². The van der Waals surface area contributed by atoms with E-state index in [0.717, 1.165) is 24.9 Å². The van der Waals surface area contributed by atoms with Crippen molar-refractivity contribution in [1.29, 1.82) is 0 Å². The topological polar surface area (TPSA) is 29.9 Å². The molecule has 16 heavy (non-hydrogen) atoms. The SMILES string of the molecule is CNCc1cnn(CCC(C)C)c1C1CC1. The second kappa shape index (κ2) is 5.00. The Labute approximate surface area is 98.2 Å². The van der Waals surface area contributed by atoms with Gasteiger partial charge >= 0.3 is 0 Å². The molecule has 1 aromatic rings. The minimum absolute atomic E-state index is 0.754. The molecule has 1 aliphatic carbocycles. The van der Waals surface area contributed by atoms with E-state index in [9.17, 15) is 0 Å². The van der Waals surface area contributed by atoms with Gasteiger partial charge in [0.25, 0.3) is 0 Å². The number of aryl methyl sites for hydroxylation is 1. The molecule has 0 bridgehead atoms. The first-order valence-electron chi connectivity index (χ1n) is 6.41. The lowest BCUT2D eigenvalue weighted by atomic mass is 10.1. The van der Waals surface area contributed by atoms with Gasteiger partial charge in [-0.05, 0) is 32.2 Å². The fraction of sp³-hybridized carbons (Fsp3) is 0.769. The lowest BCUT2D eigenvalue weighted by Gasteiger charge is -2.10. The van der Waals surface area contributed by atoms with Crippen molar-refractivity contribution >= 4 is 0 Å². The van der Waals surface area contributed by atoms with Gasteiger partial charge < -0.3 is 5.32 Å². The number of aromatic nitrogens is 2. The van der Waals surface area contributed by atoms with Crippen LogP contribution in [0.3, 0.4) is 0 Å². The third kappa shape index (κ3) is 2.64. The van der Waals surface area contributed by atoms with Crippen LogP contribution in [0.25, 0.3) is 0 Å². The molecule has 0 amide bonds. The van der Waals surface area contributed by atoms with Gasteiger partial charge in [0.05, 0.1) is 6.20 Å². The molecule has 3 heteroatoms. The van der Waals surface area contributed by atoms with Gasteiger partial charge in [0.1, 0.15) is 0 Å². The average molecular weight is 221 g/mol. The van der Waals surface area contributed by atoms with Crippen molar-refractivity contribution in [1.82, 2.24) is 15.1 Å². The number of nitrogens with zero attached hydrogens (tertiary/aromatic N) is 2. The van der Waals surface area contributed by atoms with Crippen LogP contribution in [0.2, 0.25) is 0 Å². The Morgan fingerprint density at radius 1 is 1.50 bits per heavy atom. The summed E-state index contributed by atoms with van der Waals surface area (Å²) in [5.74, 6) is 1.54. The third-order valence-corrected chi connectivity index (χ3v) is 3.21. The van der Waals surface area contributed by atoms with E-state index in [2.05, 4.69) is 28.9 Å². The minimum atomic E-state index is 0.754. The van der Waals surface area contributed by atoms with Crippen LogP contribution in [0.15, 0.2) is 6.20 Å². The summed E-state index contributed by atoms with van der Waals surface area (Å²) >= 11 is 0. The van der Waals surface area contributed by atoms with E-state index >= 15 is 0 Å². The number of hydrogen-bond donors (Lipinski definition) is 1. The van der Waals surface area contributed by atoms with Crippen LogP contribution < -0.4 is 5.32 Å². The van der Waals surface area contributed by atoms with Gasteiger partial charge in [-0.3, -0.25) is 4.68 Å². The number of rotatable bonds is 6. The smallest absolute Gasteiger partial charge is 0.0537 e. The zero-order valence-electron chi connectivity index (χ0n) is 10.7. The van der Waals surface area contributed by atoms with Gasteiger partial charge in [0.2, 0.25) is 0 Å². The Morgan fingerprint density at radius 2 is 2.25 bits per heavy atom. The van der Waals surface area contributed by atoms with Crippen molar-refractivity contribution in [2.75, 3.05) is 7.05 Å². The standard InChI is InChI=1S/C13H23N3/c1-10(2)6-7-16-13(11-4-5-11)12(8-14-3)9-15-16/h9-11,14H,4-8H2,1-3H3. The lowest BCUT2D eigenvalue weighted by molar-refractivity contribution is 0.475. The monoisotopic (exact) mass is 221 g/mol. The van der Waals surface area contributed by atoms with Crippen LogP contribution in [0.4, 0.5) is 0 Å². The van der Waals surface area contributed by atoms with Crippen LogP contribution in [-0.4, -0.2) is 16.8 Å². The van der Waals surface area contributed by atoms with Crippen LogP contribution in [-0.2, 0) is 13.1 Å². The van der Waals surface area contributed by atoms with Gasteiger partial charge in [0, 0.05) is 30.3 Å². The van der Waals surface area contributed by atoms with Crippen molar-refractivity contribution in [3.8, 4) is 0 Å². The summed E-state index contributed by atoms with van der Waals surface area (Å²) < 4.78 is 2.24. The van der Waals surface area contributed by atoms with Gasteiger partial charge in [-0.2, -0.15) is 5.10 Å². The molecule has 1 fully saturated rings. The molecule has 1 aromatic heterocycles. The maximum atomic E-state index is 4.54. The van der Waals surface area contributed by atoms with Crippen LogP contribution in [0, 0.1) is 5.92 Å². The van der Waals surface area contributed by atoms with Gasteiger partial charge in [-0.1, -0.05) is 13.8 Å². The van der Waals surface area contributed by atoms with Crippen molar-refractivity contribution in [3.05, 3.63) is 17.5 Å². The molecule has 0 atom stereocenters. The lowest BCUT2D eigenvalue weighted by Crippen LogP contribution is -2.10. The van der Waals surface area contributed by atoms with E-state index in [0.29, 0.717) is 0 Å². The Hall–Kier alpha value is -0.830. The molecule has 0 spiro atoms. The highest BCUT2D eigenvalue weighted by Crippen LogP contribution is 2.41. The molecule has 0 aromatic carbocycles. The summed E-state index contributed by atoms with van der Waals surface area (Å²) in [6.07, 6.45) is 5.97. The summed E-state index contributed by atoms with van der Waals surface area (Å²) in [4.78, 5) is 0. The predicted molar refractivity (Wildman–Crippen MR) is 66.4 cm³/mol.